The van der Waals surface area contributed by atoms with E-state index in [4.69, 9.17) is 0 Å². The molecule has 0 aromatic heterocycles. The van der Waals surface area contributed by atoms with Crippen LogP contribution in [-0.2, 0) is 16.8 Å². The van der Waals surface area contributed by atoms with Crippen LogP contribution in [0.25, 0.3) is 0 Å². The van der Waals surface area contributed by atoms with Crippen LogP contribution in [0, 0.1) is 12.0 Å². The second kappa shape index (κ2) is 3.05. The van der Waals surface area contributed by atoms with E-state index in [9.17, 15) is 0 Å². The first-order valence-corrected chi connectivity index (χ1v) is 2.15. The second-order valence-electron chi connectivity index (χ2n) is 1.51. The van der Waals surface area contributed by atoms with Gasteiger partial charge < -0.3 is 0 Å². The standard InChI is InChI=1S/C6H7.Co/c1-6-4-2-3-5-6;/h2-4,6H,1H3;/q-1;. The van der Waals surface area contributed by atoms with Crippen LogP contribution in [0.5, 0.6) is 0 Å². The molecule has 0 heterocycles. The van der Waals surface area contributed by atoms with Gasteiger partial charge in [0.1, 0.15) is 0 Å². The molecule has 1 atom stereocenters. The number of allylic oxidation sites excluding steroid dienone is 4. The van der Waals surface area contributed by atoms with Gasteiger partial charge in [-0.3, -0.25) is 6.08 Å². The average Bonchev–Trinajstić information content (AvgIpc) is 1.86. The minimum atomic E-state index is 0. The van der Waals surface area contributed by atoms with E-state index >= 15 is 0 Å². The Morgan fingerprint density at radius 3 is 2.43 bits per heavy atom. The largest absolute Gasteiger partial charge is 0.270 e. The predicted molar refractivity (Wildman–Crippen MR) is 26.1 cm³/mol. The van der Waals surface area contributed by atoms with Gasteiger partial charge in [0.25, 0.3) is 0 Å². The molecule has 0 fully saturated rings. The predicted octanol–water partition coefficient (Wildman–Crippen LogP) is 1.55. The zero-order chi connectivity index (χ0) is 4.41. The molecule has 0 saturated heterocycles. The van der Waals surface area contributed by atoms with Gasteiger partial charge in [-0.05, 0) is 0 Å². The van der Waals surface area contributed by atoms with Crippen molar-refractivity contribution in [3.05, 3.63) is 24.3 Å². The first-order valence-electron chi connectivity index (χ1n) is 2.15. The van der Waals surface area contributed by atoms with E-state index in [1.165, 1.54) is 0 Å². The fourth-order valence-corrected chi connectivity index (χ4v) is 0.485. The molecule has 0 amide bonds. The molecule has 41 valence electrons. The summed E-state index contributed by atoms with van der Waals surface area (Å²) in [5, 5.41) is 0. The summed E-state index contributed by atoms with van der Waals surface area (Å²) in [6, 6.07) is 0. The van der Waals surface area contributed by atoms with E-state index in [-0.39, 0.29) is 16.8 Å². The van der Waals surface area contributed by atoms with Crippen molar-refractivity contribution >= 4 is 0 Å². The van der Waals surface area contributed by atoms with Crippen LogP contribution in [-0.4, -0.2) is 0 Å². The molecule has 7 heavy (non-hydrogen) atoms. The Bertz CT molecular complexity index is 80.4. The molecule has 0 aromatic rings. The van der Waals surface area contributed by atoms with Crippen LogP contribution in [0.1, 0.15) is 6.92 Å². The van der Waals surface area contributed by atoms with E-state index in [0.717, 1.165) is 0 Å². The van der Waals surface area contributed by atoms with E-state index in [1.54, 1.807) is 0 Å². The molecule has 0 nitrogen and oxygen atoms in total. The van der Waals surface area contributed by atoms with Crippen LogP contribution < -0.4 is 0 Å². The zero-order valence-electron chi connectivity index (χ0n) is 4.14. The van der Waals surface area contributed by atoms with Gasteiger partial charge in [0, 0.05) is 16.8 Å². The molecule has 0 N–H and O–H groups in total. The van der Waals surface area contributed by atoms with Crippen molar-refractivity contribution in [1.82, 2.24) is 0 Å². The van der Waals surface area contributed by atoms with Gasteiger partial charge in [0.15, 0.2) is 0 Å². The summed E-state index contributed by atoms with van der Waals surface area (Å²) in [4.78, 5) is 0. The third-order valence-corrected chi connectivity index (χ3v) is 0.855. The van der Waals surface area contributed by atoms with Gasteiger partial charge in [-0.25, -0.2) is 12.2 Å². The first-order chi connectivity index (χ1) is 2.89. The van der Waals surface area contributed by atoms with E-state index in [2.05, 4.69) is 19.1 Å². The molecule has 1 heteroatoms. The number of hydrogen-bond donors (Lipinski definition) is 0. The second-order valence-corrected chi connectivity index (χ2v) is 1.51. The third-order valence-electron chi connectivity index (χ3n) is 0.855. The van der Waals surface area contributed by atoms with Gasteiger partial charge in [0.05, 0.1) is 0 Å². The molecule has 0 saturated carbocycles. The Morgan fingerprint density at radius 1 is 1.57 bits per heavy atom. The van der Waals surface area contributed by atoms with Crippen molar-refractivity contribution in [2.75, 3.05) is 0 Å². The SMILES string of the molecule is CC1[C-]=CC=C1.[Co]. The van der Waals surface area contributed by atoms with Crippen molar-refractivity contribution < 1.29 is 16.8 Å². The van der Waals surface area contributed by atoms with Crippen molar-refractivity contribution in [2.45, 2.75) is 6.92 Å². The van der Waals surface area contributed by atoms with Gasteiger partial charge >= 0.3 is 0 Å². The monoisotopic (exact) mass is 138 g/mol. The minimum absolute atomic E-state index is 0. The quantitative estimate of drug-likeness (QED) is 0.445. The summed E-state index contributed by atoms with van der Waals surface area (Å²) in [5.74, 6) is 0.560. The Kier molecular flexibility index (Phi) is 3.04. The Hall–Kier alpha value is -0.0135. The normalized spacial score (nSPS) is 25.0. The van der Waals surface area contributed by atoms with Crippen molar-refractivity contribution in [2.24, 2.45) is 5.92 Å². The van der Waals surface area contributed by atoms with Crippen LogP contribution in [0.3, 0.4) is 0 Å². The fourth-order valence-electron chi connectivity index (χ4n) is 0.485. The van der Waals surface area contributed by atoms with Gasteiger partial charge in [-0.2, -0.15) is 6.08 Å². The van der Waals surface area contributed by atoms with Crippen molar-refractivity contribution in [3.8, 4) is 0 Å². The number of rotatable bonds is 0. The smallest absolute Gasteiger partial charge is 0 e. The van der Waals surface area contributed by atoms with Crippen LogP contribution in [0.4, 0.5) is 0 Å². The van der Waals surface area contributed by atoms with Gasteiger partial charge in [-0.1, -0.05) is 12.8 Å². The molecule has 0 spiro atoms. The summed E-state index contributed by atoms with van der Waals surface area (Å²) in [6.45, 7) is 2.11. The summed E-state index contributed by atoms with van der Waals surface area (Å²) in [5.41, 5.74) is 0. The molecular weight excluding hydrogens is 131 g/mol. The molecule has 1 radical (unpaired) electrons. The topological polar surface area (TPSA) is 0 Å². The molecule has 1 unspecified atom stereocenters. The molecule has 0 bridgehead atoms. The molecule has 0 aliphatic heterocycles. The van der Waals surface area contributed by atoms with Crippen LogP contribution in [0.15, 0.2) is 18.2 Å². The number of hydrogen-bond acceptors (Lipinski definition) is 0. The molecular formula is C6H7Co-. The summed E-state index contributed by atoms with van der Waals surface area (Å²) < 4.78 is 0. The molecule has 1 aliphatic rings. The average molecular weight is 138 g/mol. The Labute approximate surface area is 54.5 Å². The minimum Gasteiger partial charge on any atom is -0.270 e. The van der Waals surface area contributed by atoms with Crippen LogP contribution >= 0.6 is 0 Å². The Balaban J connectivity index is 0.000000360. The third kappa shape index (κ3) is 1.95. The summed E-state index contributed by atoms with van der Waals surface area (Å²) >= 11 is 0. The maximum absolute atomic E-state index is 3.08. The van der Waals surface area contributed by atoms with Crippen LogP contribution in [0.2, 0.25) is 0 Å². The molecule has 0 aromatic carbocycles. The van der Waals surface area contributed by atoms with Crippen molar-refractivity contribution in [3.63, 3.8) is 0 Å². The van der Waals surface area contributed by atoms with E-state index in [1.807, 2.05) is 12.2 Å². The first kappa shape index (κ1) is 6.99. The van der Waals surface area contributed by atoms with Crippen molar-refractivity contribution in [1.29, 1.82) is 0 Å². The molecule has 1 aliphatic carbocycles. The van der Waals surface area contributed by atoms with E-state index < -0.39 is 0 Å². The molecule has 1 rings (SSSR count). The maximum atomic E-state index is 3.08. The zero-order valence-corrected chi connectivity index (χ0v) is 5.18. The maximum Gasteiger partial charge on any atom is 0 e. The van der Waals surface area contributed by atoms with E-state index in [0.29, 0.717) is 5.92 Å². The fraction of sp³-hybridized carbons (Fsp3) is 0.333. The summed E-state index contributed by atoms with van der Waals surface area (Å²) in [7, 11) is 0. The van der Waals surface area contributed by atoms with Gasteiger partial charge in [-0.15, -0.1) is 0 Å². The summed E-state index contributed by atoms with van der Waals surface area (Å²) in [6.07, 6.45) is 9.16. The van der Waals surface area contributed by atoms with Gasteiger partial charge in [0.2, 0.25) is 0 Å². The Morgan fingerprint density at radius 2 is 2.29 bits per heavy atom.